The van der Waals surface area contributed by atoms with Crippen LogP contribution in [0.4, 0.5) is 5.69 Å². The fourth-order valence-corrected chi connectivity index (χ4v) is 3.93. The molecule has 0 amide bonds. The lowest BCUT2D eigenvalue weighted by Gasteiger charge is -2.35. The molecule has 1 aromatic carbocycles. The van der Waals surface area contributed by atoms with Crippen LogP contribution in [0.5, 0.6) is 0 Å². The summed E-state index contributed by atoms with van der Waals surface area (Å²) < 4.78 is 5.41. The number of ether oxygens (including phenoxy) is 1. The Kier molecular flexibility index (Phi) is 8.86. The Labute approximate surface area is 180 Å². The first-order chi connectivity index (χ1) is 14.2. The highest BCUT2D eigenvalue weighted by Crippen LogP contribution is 2.29. The first kappa shape index (κ1) is 22.2. The first-order valence-electron chi connectivity index (χ1n) is 10.7. The lowest BCUT2D eigenvalue weighted by atomic mass is 10.1. The monoisotopic (exact) mass is 422 g/mol. The number of morpholine rings is 1. The van der Waals surface area contributed by atoms with Crippen molar-refractivity contribution in [1.82, 2.24) is 20.4 Å². The molecule has 0 bridgehead atoms. The number of anilines is 1. The molecule has 7 nitrogen and oxygen atoms in total. The summed E-state index contributed by atoms with van der Waals surface area (Å²) in [6.45, 7) is 13.2. The minimum absolute atomic E-state index is 0.564. The number of guanidine groups is 1. The quantitative estimate of drug-likeness (QED) is 0.512. The van der Waals surface area contributed by atoms with E-state index >= 15 is 0 Å². The van der Waals surface area contributed by atoms with Gasteiger partial charge in [-0.2, -0.15) is 0 Å². The maximum Gasteiger partial charge on any atom is 0.191 e. The summed E-state index contributed by atoms with van der Waals surface area (Å²) in [6.07, 6.45) is 0. The molecule has 0 spiro atoms. The Morgan fingerprint density at radius 1 is 1.10 bits per heavy atom. The van der Waals surface area contributed by atoms with Gasteiger partial charge in [0.1, 0.15) is 0 Å². The second-order valence-electron chi connectivity index (χ2n) is 7.60. The molecule has 0 atom stereocenters. The van der Waals surface area contributed by atoms with Crippen LogP contribution >= 0.6 is 11.6 Å². The SMILES string of the molecule is CCNC(=NCc1c(Cl)cccc1N1CCN(C)CC1)NCCN1CCOCC1. The number of nitrogens with zero attached hydrogens (tertiary/aromatic N) is 4. The van der Waals surface area contributed by atoms with Gasteiger partial charge in [-0.1, -0.05) is 17.7 Å². The van der Waals surface area contributed by atoms with Crippen LogP contribution < -0.4 is 15.5 Å². The summed E-state index contributed by atoms with van der Waals surface area (Å²) in [5, 5.41) is 7.59. The number of hydrogen-bond acceptors (Lipinski definition) is 5. The zero-order valence-corrected chi connectivity index (χ0v) is 18.5. The zero-order valence-electron chi connectivity index (χ0n) is 17.8. The number of hydrogen-bond donors (Lipinski definition) is 2. The number of nitrogens with one attached hydrogen (secondary N) is 2. The number of benzene rings is 1. The molecule has 0 unspecified atom stereocenters. The molecule has 1 aromatic rings. The van der Waals surface area contributed by atoms with E-state index in [0.717, 1.165) is 88.7 Å². The highest BCUT2D eigenvalue weighted by Gasteiger charge is 2.18. The highest BCUT2D eigenvalue weighted by molar-refractivity contribution is 6.31. The summed E-state index contributed by atoms with van der Waals surface area (Å²) >= 11 is 6.58. The van der Waals surface area contributed by atoms with Gasteiger partial charge < -0.3 is 25.2 Å². The van der Waals surface area contributed by atoms with E-state index in [-0.39, 0.29) is 0 Å². The number of aliphatic imine (C=N–C) groups is 1. The average molecular weight is 423 g/mol. The maximum absolute atomic E-state index is 6.58. The second-order valence-corrected chi connectivity index (χ2v) is 8.01. The molecule has 2 saturated heterocycles. The molecule has 0 radical (unpaired) electrons. The molecular weight excluding hydrogens is 388 g/mol. The summed E-state index contributed by atoms with van der Waals surface area (Å²) in [5.74, 6) is 0.838. The summed E-state index contributed by atoms with van der Waals surface area (Å²) in [5.41, 5.74) is 2.31. The smallest absolute Gasteiger partial charge is 0.191 e. The van der Waals surface area contributed by atoms with Crippen molar-refractivity contribution >= 4 is 23.2 Å². The molecule has 2 fully saturated rings. The number of likely N-dealkylation sites (N-methyl/N-ethyl adjacent to an activating group) is 1. The Bertz CT molecular complexity index is 657. The summed E-state index contributed by atoms with van der Waals surface area (Å²) in [7, 11) is 2.17. The van der Waals surface area contributed by atoms with Gasteiger partial charge in [-0.25, -0.2) is 4.99 Å². The van der Waals surface area contributed by atoms with Crippen LogP contribution in [0.1, 0.15) is 12.5 Å². The Balaban J connectivity index is 1.62. The van der Waals surface area contributed by atoms with Gasteiger partial charge in [0.15, 0.2) is 5.96 Å². The minimum Gasteiger partial charge on any atom is -0.379 e. The van der Waals surface area contributed by atoms with E-state index in [2.05, 4.69) is 45.4 Å². The molecule has 3 rings (SSSR count). The normalized spacial score (nSPS) is 19.4. The lowest BCUT2D eigenvalue weighted by Crippen LogP contribution is -2.45. The molecule has 2 aliphatic rings. The van der Waals surface area contributed by atoms with Gasteiger partial charge in [-0.15, -0.1) is 0 Å². The summed E-state index contributed by atoms with van der Waals surface area (Å²) in [4.78, 5) is 12.0. The van der Waals surface area contributed by atoms with Crippen LogP contribution in [0.2, 0.25) is 5.02 Å². The van der Waals surface area contributed by atoms with Crippen molar-refractivity contribution in [1.29, 1.82) is 0 Å². The van der Waals surface area contributed by atoms with E-state index in [4.69, 9.17) is 21.3 Å². The Morgan fingerprint density at radius 3 is 2.59 bits per heavy atom. The van der Waals surface area contributed by atoms with Crippen LogP contribution in [0.3, 0.4) is 0 Å². The van der Waals surface area contributed by atoms with Crippen molar-refractivity contribution in [3.8, 4) is 0 Å². The predicted octanol–water partition coefficient (Wildman–Crippen LogP) is 1.48. The van der Waals surface area contributed by atoms with Crippen molar-refractivity contribution in [3.05, 3.63) is 28.8 Å². The lowest BCUT2D eigenvalue weighted by molar-refractivity contribution is 0.0389. The van der Waals surface area contributed by atoms with Crippen LogP contribution in [0.25, 0.3) is 0 Å². The predicted molar refractivity (Wildman–Crippen MR) is 121 cm³/mol. The Hall–Kier alpha value is -1.54. The second kappa shape index (κ2) is 11.6. The van der Waals surface area contributed by atoms with Gasteiger partial charge in [0.05, 0.1) is 19.8 Å². The third-order valence-electron chi connectivity index (χ3n) is 5.50. The largest absolute Gasteiger partial charge is 0.379 e. The molecule has 29 heavy (non-hydrogen) atoms. The fourth-order valence-electron chi connectivity index (χ4n) is 3.70. The maximum atomic E-state index is 6.58. The van der Waals surface area contributed by atoms with Crippen LogP contribution in [0.15, 0.2) is 23.2 Å². The topological polar surface area (TPSA) is 55.4 Å². The van der Waals surface area contributed by atoms with Gasteiger partial charge in [0, 0.05) is 75.2 Å². The molecule has 2 heterocycles. The average Bonchev–Trinajstić information content (AvgIpc) is 2.74. The van der Waals surface area contributed by atoms with Crippen LogP contribution in [-0.4, -0.2) is 94.9 Å². The van der Waals surface area contributed by atoms with Crippen molar-refractivity contribution in [2.45, 2.75) is 13.5 Å². The van der Waals surface area contributed by atoms with Crippen molar-refractivity contribution in [3.63, 3.8) is 0 Å². The van der Waals surface area contributed by atoms with Crippen molar-refractivity contribution in [2.24, 2.45) is 4.99 Å². The fraction of sp³-hybridized carbons (Fsp3) is 0.667. The third-order valence-corrected chi connectivity index (χ3v) is 5.86. The number of piperazine rings is 1. The molecule has 2 N–H and O–H groups in total. The zero-order chi connectivity index (χ0) is 20.5. The molecule has 8 heteroatoms. The van der Waals surface area contributed by atoms with Gasteiger partial charge in [-0.05, 0) is 26.1 Å². The van der Waals surface area contributed by atoms with Crippen LogP contribution in [-0.2, 0) is 11.3 Å². The van der Waals surface area contributed by atoms with E-state index in [1.165, 1.54) is 5.69 Å². The summed E-state index contributed by atoms with van der Waals surface area (Å²) in [6, 6.07) is 6.17. The number of halogens is 1. The third kappa shape index (κ3) is 6.74. The molecule has 162 valence electrons. The van der Waals surface area contributed by atoms with E-state index < -0.39 is 0 Å². The standard InChI is InChI=1S/C21H35ClN6O/c1-3-23-21(24-7-8-27-13-15-29-16-14-27)25-17-18-19(22)5-4-6-20(18)28-11-9-26(2)10-12-28/h4-6H,3,7-17H2,1-2H3,(H2,23,24,25). The van der Waals surface area contributed by atoms with Crippen LogP contribution in [0, 0.1) is 0 Å². The van der Waals surface area contributed by atoms with E-state index in [0.29, 0.717) is 6.54 Å². The molecule has 0 saturated carbocycles. The van der Waals surface area contributed by atoms with E-state index in [1.54, 1.807) is 0 Å². The number of rotatable bonds is 7. The van der Waals surface area contributed by atoms with E-state index in [9.17, 15) is 0 Å². The van der Waals surface area contributed by atoms with Gasteiger partial charge in [-0.3, -0.25) is 4.90 Å². The molecule has 0 aromatic heterocycles. The van der Waals surface area contributed by atoms with Gasteiger partial charge in [0.2, 0.25) is 0 Å². The minimum atomic E-state index is 0.564. The van der Waals surface area contributed by atoms with Crippen molar-refractivity contribution < 1.29 is 4.74 Å². The van der Waals surface area contributed by atoms with Gasteiger partial charge in [0.25, 0.3) is 0 Å². The first-order valence-corrected chi connectivity index (χ1v) is 11.1. The van der Waals surface area contributed by atoms with Crippen molar-refractivity contribution in [2.75, 3.05) is 84.1 Å². The van der Waals surface area contributed by atoms with Gasteiger partial charge >= 0.3 is 0 Å². The Morgan fingerprint density at radius 2 is 1.86 bits per heavy atom. The molecular formula is C21H35ClN6O. The highest BCUT2D eigenvalue weighted by atomic mass is 35.5. The van der Waals surface area contributed by atoms with E-state index in [1.807, 2.05) is 12.1 Å². The molecule has 2 aliphatic heterocycles. The molecule has 0 aliphatic carbocycles.